The van der Waals surface area contributed by atoms with Crippen molar-refractivity contribution in [3.05, 3.63) is 59.4 Å². The van der Waals surface area contributed by atoms with Crippen LogP contribution in [0.15, 0.2) is 42.5 Å². The average molecular weight is 274 g/mol. The lowest BCUT2D eigenvalue weighted by atomic mass is 10.1. The Labute approximate surface area is 118 Å². The molecular weight excluding hydrogens is 255 g/mol. The molecule has 2 N–H and O–H groups in total. The van der Waals surface area contributed by atoms with Gasteiger partial charge in [-0.25, -0.2) is 4.39 Å². The van der Waals surface area contributed by atoms with Gasteiger partial charge in [0.2, 0.25) is 0 Å². The molecule has 0 aliphatic rings. The minimum Gasteiger partial charge on any atom is -0.497 e. The summed E-state index contributed by atoms with van der Waals surface area (Å²) in [5, 5.41) is 0. The van der Waals surface area contributed by atoms with E-state index < -0.39 is 0 Å². The molecule has 2 aromatic rings. The summed E-state index contributed by atoms with van der Waals surface area (Å²) in [5.74, 6) is 0.589. The van der Waals surface area contributed by atoms with Crippen LogP contribution in [0, 0.1) is 5.82 Å². The summed E-state index contributed by atoms with van der Waals surface area (Å²) in [5.41, 5.74) is 8.33. The van der Waals surface area contributed by atoms with E-state index in [0.29, 0.717) is 24.3 Å². The molecule has 3 nitrogen and oxygen atoms in total. The Morgan fingerprint density at radius 2 is 1.80 bits per heavy atom. The highest BCUT2D eigenvalue weighted by atomic mass is 19.1. The van der Waals surface area contributed by atoms with Crippen molar-refractivity contribution in [3.63, 3.8) is 0 Å². The number of rotatable bonds is 5. The van der Waals surface area contributed by atoms with E-state index in [4.69, 9.17) is 10.5 Å². The van der Waals surface area contributed by atoms with Gasteiger partial charge in [0.15, 0.2) is 0 Å². The molecule has 0 atom stereocenters. The monoisotopic (exact) mass is 274 g/mol. The Morgan fingerprint density at radius 1 is 1.10 bits per heavy atom. The highest BCUT2D eigenvalue weighted by Crippen LogP contribution is 2.21. The smallest absolute Gasteiger partial charge is 0.127 e. The predicted molar refractivity (Wildman–Crippen MR) is 79.0 cm³/mol. The van der Waals surface area contributed by atoms with E-state index >= 15 is 0 Å². The first-order valence-electron chi connectivity index (χ1n) is 6.44. The van der Waals surface area contributed by atoms with Crippen LogP contribution in [0.5, 0.6) is 5.75 Å². The third-order valence-corrected chi connectivity index (χ3v) is 3.19. The average Bonchev–Trinajstić information content (AvgIpc) is 2.44. The summed E-state index contributed by atoms with van der Waals surface area (Å²) in [7, 11) is 3.56. The zero-order chi connectivity index (χ0) is 14.5. The summed E-state index contributed by atoms with van der Waals surface area (Å²) in [4.78, 5) is 2.02. The molecule has 0 aliphatic heterocycles. The van der Waals surface area contributed by atoms with Gasteiger partial charge in [-0.2, -0.15) is 0 Å². The zero-order valence-electron chi connectivity index (χ0n) is 11.8. The Balaban J connectivity index is 2.08. The van der Waals surface area contributed by atoms with Crippen LogP contribution in [0.4, 0.5) is 10.1 Å². The molecule has 0 unspecified atom stereocenters. The molecule has 20 heavy (non-hydrogen) atoms. The minimum absolute atomic E-state index is 0.182. The standard InChI is InChI=1S/C16H19FN2O/c1-19(10-12-5-3-4-6-15(12)17)11-13-9-14(20-2)7-8-16(13)18/h3-9H,10-11,18H2,1-2H3. The van der Waals surface area contributed by atoms with Crippen LogP contribution in [-0.2, 0) is 13.1 Å². The number of hydrogen-bond acceptors (Lipinski definition) is 3. The van der Waals surface area contributed by atoms with E-state index in [1.807, 2.05) is 36.2 Å². The van der Waals surface area contributed by atoms with E-state index in [2.05, 4.69) is 0 Å². The Hall–Kier alpha value is -2.07. The normalized spacial score (nSPS) is 10.8. The predicted octanol–water partition coefficient (Wildman–Crippen LogP) is 3.05. The first-order valence-corrected chi connectivity index (χ1v) is 6.44. The summed E-state index contributed by atoms with van der Waals surface area (Å²) in [6.07, 6.45) is 0. The summed E-state index contributed by atoms with van der Waals surface area (Å²) in [6, 6.07) is 12.4. The number of nitrogen functional groups attached to an aromatic ring is 1. The van der Waals surface area contributed by atoms with E-state index in [1.165, 1.54) is 6.07 Å². The second kappa shape index (κ2) is 6.39. The first kappa shape index (κ1) is 14.3. The van der Waals surface area contributed by atoms with Gasteiger partial charge < -0.3 is 10.5 Å². The lowest BCUT2D eigenvalue weighted by Gasteiger charge is -2.18. The number of ether oxygens (including phenoxy) is 1. The van der Waals surface area contributed by atoms with Crippen molar-refractivity contribution < 1.29 is 9.13 Å². The molecule has 0 bridgehead atoms. The van der Waals surface area contributed by atoms with Gasteiger partial charge in [0.05, 0.1) is 7.11 Å². The van der Waals surface area contributed by atoms with Crippen LogP contribution in [0.1, 0.15) is 11.1 Å². The third-order valence-electron chi connectivity index (χ3n) is 3.19. The van der Waals surface area contributed by atoms with Crippen molar-refractivity contribution in [2.45, 2.75) is 13.1 Å². The largest absolute Gasteiger partial charge is 0.497 e. The maximum atomic E-state index is 13.6. The van der Waals surface area contributed by atoms with Crippen molar-refractivity contribution >= 4 is 5.69 Å². The first-order chi connectivity index (χ1) is 9.60. The van der Waals surface area contributed by atoms with Crippen molar-refractivity contribution in [2.24, 2.45) is 0 Å². The molecule has 0 saturated heterocycles. The lowest BCUT2D eigenvalue weighted by Crippen LogP contribution is -2.18. The summed E-state index contributed by atoms with van der Waals surface area (Å²) in [6.45, 7) is 1.17. The van der Waals surface area contributed by atoms with E-state index in [9.17, 15) is 4.39 Å². The molecule has 0 fully saturated rings. The third kappa shape index (κ3) is 3.48. The number of methoxy groups -OCH3 is 1. The van der Waals surface area contributed by atoms with Crippen molar-refractivity contribution in [1.82, 2.24) is 4.90 Å². The van der Waals surface area contributed by atoms with E-state index in [-0.39, 0.29) is 5.82 Å². The summed E-state index contributed by atoms with van der Waals surface area (Å²) < 4.78 is 18.8. The molecule has 0 saturated carbocycles. The highest BCUT2D eigenvalue weighted by Gasteiger charge is 2.08. The van der Waals surface area contributed by atoms with Crippen LogP contribution in [-0.4, -0.2) is 19.1 Å². The zero-order valence-corrected chi connectivity index (χ0v) is 11.8. The second-order valence-corrected chi connectivity index (χ2v) is 4.83. The van der Waals surface area contributed by atoms with Gasteiger partial charge in [0.1, 0.15) is 11.6 Å². The summed E-state index contributed by atoms with van der Waals surface area (Å²) >= 11 is 0. The number of nitrogens with zero attached hydrogens (tertiary/aromatic N) is 1. The van der Waals surface area contributed by atoms with E-state index in [0.717, 1.165) is 11.3 Å². The van der Waals surface area contributed by atoms with Gasteiger partial charge >= 0.3 is 0 Å². The molecule has 0 aromatic heterocycles. The number of hydrogen-bond donors (Lipinski definition) is 1. The molecule has 0 aliphatic carbocycles. The van der Waals surface area contributed by atoms with Gasteiger partial charge in [-0.15, -0.1) is 0 Å². The number of anilines is 1. The highest BCUT2D eigenvalue weighted by molar-refractivity contribution is 5.50. The maximum Gasteiger partial charge on any atom is 0.127 e. The quantitative estimate of drug-likeness (QED) is 0.852. The molecule has 0 radical (unpaired) electrons. The fourth-order valence-electron chi connectivity index (χ4n) is 2.11. The van der Waals surface area contributed by atoms with Crippen LogP contribution in [0.25, 0.3) is 0 Å². The van der Waals surface area contributed by atoms with Gasteiger partial charge in [-0.3, -0.25) is 4.90 Å². The van der Waals surface area contributed by atoms with Crippen molar-refractivity contribution in [1.29, 1.82) is 0 Å². The Morgan fingerprint density at radius 3 is 2.50 bits per heavy atom. The number of nitrogens with two attached hydrogens (primary N) is 1. The number of halogens is 1. The molecule has 2 rings (SSSR count). The van der Waals surface area contributed by atoms with Crippen LogP contribution >= 0.6 is 0 Å². The lowest BCUT2D eigenvalue weighted by molar-refractivity contribution is 0.313. The topological polar surface area (TPSA) is 38.5 Å². The van der Waals surface area contributed by atoms with E-state index in [1.54, 1.807) is 19.2 Å². The van der Waals surface area contributed by atoms with Gasteiger partial charge in [0, 0.05) is 24.3 Å². The van der Waals surface area contributed by atoms with Crippen LogP contribution in [0.3, 0.4) is 0 Å². The van der Waals surface area contributed by atoms with Crippen LogP contribution < -0.4 is 10.5 Å². The molecule has 0 heterocycles. The van der Waals surface area contributed by atoms with Crippen LogP contribution in [0.2, 0.25) is 0 Å². The molecule has 4 heteroatoms. The maximum absolute atomic E-state index is 13.6. The minimum atomic E-state index is -0.182. The van der Waals surface area contributed by atoms with Gasteiger partial charge in [0.25, 0.3) is 0 Å². The Bertz CT molecular complexity index is 586. The fraction of sp³-hybridized carbons (Fsp3) is 0.250. The fourth-order valence-corrected chi connectivity index (χ4v) is 2.11. The SMILES string of the molecule is COc1ccc(N)c(CN(C)Cc2ccccc2F)c1. The molecule has 2 aromatic carbocycles. The van der Waals surface area contributed by atoms with Gasteiger partial charge in [-0.05, 0) is 36.9 Å². The van der Waals surface area contributed by atoms with Crippen molar-refractivity contribution in [2.75, 3.05) is 19.9 Å². The molecule has 106 valence electrons. The second-order valence-electron chi connectivity index (χ2n) is 4.83. The number of benzene rings is 2. The molecular formula is C16H19FN2O. The van der Waals surface area contributed by atoms with Gasteiger partial charge in [-0.1, -0.05) is 18.2 Å². The Kier molecular flexibility index (Phi) is 4.58. The molecule has 0 spiro atoms. The molecule has 0 amide bonds. The van der Waals surface area contributed by atoms with Crippen molar-refractivity contribution in [3.8, 4) is 5.75 Å².